The second-order valence-electron chi connectivity index (χ2n) is 6.88. The van der Waals surface area contributed by atoms with Crippen molar-refractivity contribution in [2.75, 3.05) is 36.4 Å². The number of aromatic nitrogens is 2. The Morgan fingerprint density at radius 1 is 1.18 bits per heavy atom. The molecule has 1 fully saturated rings. The highest BCUT2D eigenvalue weighted by atomic mass is 16.6. The first-order chi connectivity index (χ1) is 13.3. The van der Waals surface area contributed by atoms with Gasteiger partial charge in [0.15, 0.2) is 0 Å². The molecule has 0 spiro atoms. The van der Waals surface area contributed by atoms with Crippen LogP contribution in [-0.2, 0) is 4.79 Å². The summed E-state index contributed by atoms with van der Waals surface area (Å²) in [6.45, 7) is 8.55. The quantitative estimate of drug-likeness (QED) is 0.622. The van der Waals surface area contributed by atoms with Crippen LogP contribution in [0, 0.1) is 24.0 Å². The number of aryl methyl sites for hydroxylation is 2. The number of hydrogen-bond acceptors (Lipinski definition) is 7. The Labute approximate surface area is 163 Å². The van der Waals surface area contributed by atoms with Crippen LogP contribution in [0.15, 0.2) is 30.3 Å². The molecule has 1 aliphatic rings. The minimum Gasteiger partial charge on any atom is -0.354 e. The first kappa shape index (κ1) is 19.7. The smallest absolute Gasteiger partial charge is 0.292 e. The van der Waals surface area contributed by atoms with E-state index in [1.165, 1.54) is 6.07 Å². The number of nitrogens with one attached hydrogen (secondary N) is 1. The largest absolute Gasteiger partial charge is 0.354 e. The fourth-order valence-electron chi connectivity index (χ4n) is 3.34. The molecular weight excluding hydrogens is 360 g/mol. The molecule has 1 aromatic heterocycles. The zero-order valence-electron chi connectivity index (χ0n) is 16.3. The number of benzene rings is 1. The molecule has 1 unspecified atom stereocenters. The maximum Gasteiger partial charge on any atom is 0.292 e. The van der Waals surface area contributed by atoms with E-state index in [-0.39, 0.29) is 17.3 Å². The summed E-state index contributed by atoms with van der Waals surface area (Å²) in [6.07, 6.45) is 0. The normalized spacial score (nSPS) is 15.9. The minimum atomic E-state index is -0.495. The van der Waals surface area contributed by atoms with Gasteiger partial charge in [-0.2, -0.15) is 0 Å². The van der Waals surface area contributed by atoms with E-state index in [9.17, 15) is 14.9 Å². The number of nitrogens with zero attached hydrogens (tertiary/aromatic N) is 5. The monoisotopic (exact) mass is 384 g/mol. The Morgan fingerprint density at radius 2 is 1.86 bits per heavy atom. The summed E-state index contributed by atoms with van der Waals surface area (Å²) in [7, 11) is 0. The predicted molar refractivity (Wildman–Crippen MR) is 106 cm³/mol. The van der Waals surface area contributed by atoms with E-state index in [1.54, 1.807) is 18.2 Å². The lowest BCUT2D eigenvalue weighted by Crippen LogP contribution is -2.53. The third-order valence-corrected chi connectivity index (χ3v) is 4.88. The molecule has 0 saturated carbocycles. The number of carbonyl (C=O) groups is 1. The molecule has 0 aliphatic carbocycles. The number of nitro groups is 1. The van der Waals surface area contributed by atoms with Crippen LogP contribution in [-0.4, -0.2) is 57.9 Å². The van der Waals surface area contributed by atoms with Crippen molar-refractivity contribution < 1.29 is 9.72 Å². The zero-order chi connectivity index (χ0) is 20.3. The topological polar surface area (TPSA) is 104 Å². The van der Waals surface area contributed by atoms with Gasteiger partial charge >= 0.3 is 0 Å². The second-order valence-corrected chi connectivity index (χ2v) is 6.88. The minimum absolute atomic E-state index is 0.109. The van der Waals surface area contributed by atoms with Crippen LogP contribution < -0.4 is 10.2 Å². The van der Waals surface area contributed by atoms with Crippen LogP contribution >= 0.6 is 0 Å². The van der Waals surface area contributed by atoms with E-state index in [2.05, 4.69) is 25.1 Å². The highest BCUT2D eigenvalue weighted by Crippen LogP contribution is 2.24. The van der Waals surface area contributed by atoms with Crippen molar-refractivity contribution in [3.05, 3.63) is 52.0 Å². The number of anilines is 2. The molecule has 9 heteroatoms. The van der Waals surface area contributed by atoms with Crippen molar-refractivity contribution in [1.29, 1.82) is 0 Å². The molecule has 28 heavy (non-hydrogen) atoms. The van der Waals surface area contributed by atoms with Crippen molar-refractivity contribution in [3.63, 3.8) is 0 Å². The molecule has 1 aliphatic heterocycles. The van der Waals surface area contributed by atoms with Crippen molar-refractivity contribution in [2.24, 2.45) is 0 Å². The van der Waals surface area contributed by atoms with Gasteiger partial charge in [0.1, 0.15) is 17.3 Å². The summed E-state index contributed by atoms with van der Waals surface area (Å²) in [5.74, 6) is 1.40. The Kier molecular flexibility index (Phi) is 5.84. The standard InChI is InChI=1S/C19H24N6O3/c1-13-12-18(21-15(3)20-13)24-10-8-23(9-11-24)14(2)19(26)22-16-6-4-5-7-17(16)25(27)28/h4-7,12,14H,8-11H2,1-3H3,(H,22,26). The van der Waals surface area contributed by atoms with E-state index in [1.807, 2.05) is 26.8 Å². The molecule has 2 aromatic rings. The van der Waals surface area contributed by atoms with Gasteiger partial charge in [-0.3, -0.25) is 19.8 Å². The maximum atomic E-state index is 12.6. The number of carbonyl (C=O) groups excluding carboxylic acids is 1. The van der Waals surface area contributed by atoms with Crippen LogP contribution in [0.4, 0.5) is 17.2 Å². The maximum absolute atomic E-state index is 12.6. The van der Waals surface area contributed by atoms with Gasteiger partial charge in [0.25, 0.3) is 5.69 Å². The number of hydrogen-bond donors (Lipinski definition) is 1. The highest BCUT2D eigenvalue weighted by Gasteiger charge is 2.27. The average Bonchev–Trinajstić information content (AvgIpc) is 2.67. The van der Waals surface area contributed by atoms with Gasteiger partial charge in [-0.25, -0.2) is 9.97 Å². The molecular formula is C19H24N6O3. The Bertz CT molecular complexity index is 859. The first-order valence-electron chi connectivity index (χ1n) is 9.20. The summed E-state index contributed by atoms with van der Waals surface area (Å²) in [4.78, 5) is 36.3. The van der Waals surface area contributed by atoms with Crippen LogP contribution in [0.25, 0.3) is 0 Å². The van der Waals surface area contributed by atoms with E-state index in [4.69, 9.17) is 0 Å². The van der Waals surface area contributed by atoms with Gasteiger partial charge in [-0.1, -0.05) is 12.1 Å². The van der Waals surface area contributed by atoms with E-state index < -0.39 is 11.0 Å². The lowest BCUT2D eigenvalue weighted by Gasteiger charge is -2.38. The second kappa shape index (κ2) is 8.30. The van der Waals surface area contributed by atoms with Crippen LogP contribution in [0.1, 0.15) is 18.4 Å². The number of para-hydroxylation sites is 2. The van der Waals surface area contributed by atoms with Gasteiger partial charge in [0.2, 0.25) is 5.91 Å². The zero-order valence-corrected chi connectivity index (χ0v) is 16.3. The van der Waals surface area contributed by atoms with E-state index in [0.717, 1.165) is 30.4 Å². The van der Waals surface area contributed by atoms with E-state index >= 15 is 0 Å². The molecule has 1 N–H and O–H groups in total. The number of amides is 1. The fraction of sp³-hybridized carbons (Fsp3) is 0.421. The summed E-state index contributed by atoms with van der Waals surface area (Å²) < 4.78 is 0. The number of nitro benzene ring substituents is 1. The molecule has 3 rings (SSSR count). The summed E-state index contributed by atoms with van der Waals surface area (Å²) in [5, 5.41) is 13.8. The van der Waals surface area contributed by atoms with Crippen molar-refractivity contribution in [2.45, 2.75) is 26.8 Å². The lowest BCUT2D eigenvalue weighted by atomic mass is 10.2. The summed E-state index contributed by atoms with van der Waals surface area (Å²) in [6, 6.07) is 7.74. The fourth-order valence-corrected chi connectivity index (χ4v) is 3.34. The number of rotatable bonds is 5. The molecule has 2 heterocycles. The Balaban J connectivity index is 1.61. The van der Waals surface area contributed by atoms with Gasteiger partial charge in [0, 0.05) is 44.0 Å². The predicted octanol–water partition coefficient (Wildman–Crippen LogP) is 2.15. The Morgan fingerprint density at radius 3 is 2.50 bits per heavy atom. The molecule has 1 atom stereocenters. The summed E-state index contributed by atoms with van der Waals surface area (Å²) >= 11 is 0. The highest BCUT2D eigenvalue weighted by molar-refractivity contribution is 5.96. The number of piperazine rings is 1. The van der Waals surface area contributed by atoms with Gasteiger partial charge in [-0.05, 0) is 26.8 Å². The third kappa shape index (κ3) is 4.42. The van der Waals surface area contributed by atoms with Gasteiger partial charge in [-0.15, -0.1) is 0 Å². The molecule has 0 bridgehead atoms. The van der Waals surface area contributed by atoms with Gasteiger partial charge < -0.3 is 10.2 Å². The van der Waals surface area contributed by atoms with E-state index in [0.29, 0.717) is 13.1 Å². The third-order valence-electron chi connectivity index (χ3n) is 4.88. The summed E-state index contributed by atoms with van der Waals surface area (Å²) in [5.41, 5.74) is 1.04. The van der Waals surface area contributed by atoms with Crippen molar-refractivity contribution >= 4 is 23.1 Å². The molecule has 0 radical (unpaired) electrons. The molecule has 9 nitrogen and oxygen atoms in total. The first-order valence-corrected chi connectivity index (χ1v) is 9.20. The van der Waals surface area contributed by atoms with Gasteiger partial charge in [0.05, 0.1) is 11.0 Å². The Hall–Kier alpha value is -3.07. The molecule has 1 aromatic carbocycles. The molecule has 1 amide bonds. The SMILES string of the molecule is Cc1cc(N2CCN(C(C)C(=O)Nc3ccccc3[N+](=O)[O-])CC2)nc(C)n1. The molecule has 1 saturated heterocycles. The van der Waals surface area contributed by atoms with Crippen molar-refractivity contribution in [3.8, 4) is 0 Å². The molecule has 148 valence electrons. The van der Waals surface area contributed by atoms with Crippen LogP contribution in [0.2, 0.25) is 0 Å². The lowest BCUT2D eigenvalue weighted by molar-refractivity contribution is -0.383. The van der Waals surface area contributed by atoms with Crippen molar-refractivity contribution in [1.82, 2.24) is 14.9 Å². The average molecular weight is 384 g/mol. The van der Waals surface area contributed by atoms with Crippen LogP contribution in [0.5, 0.6) is 0 Å². The van der Waals surface area contributed by atoms with Crippen LogP contribution in [0.3, 0.4) is 0 Å².